The van der Waals surface area contributed by atoms with Crippen LogP contribution in [0, 0.1) is 10.1 Å². The van der Waals surface area contributed by atoms with Crippen LogP contribution in [0.25, 0.3) is 0 Å². The second-order valence-electron chi connectivity index (χ2n) is 5.69. The maximum Gasteiger partial charge on any atom is 0.307 e. The van der Waals surface area contributed by atoms with E-state index in [-0.39, 0.29) is 18.1 Å². The van der Waals surface area contributed by atoms with Crippen molar-refractivity contribution in [3.05, 3.63) is 82.2 Å². The predicted octanol–water partition coefficient (Wildman–Crippen LogP) is 3.49. The van der Waals surface area contributed by atoms with Crippen LogP contribution in [-0.2, 0) is 6.54 Å². The Hall–Kier alpha value is -3.68. The molecule has 3 aromatic rings. The van der Waals surface area contributed by atoms with Gasteiger partial charge < -0.3 is 10.1 Å². The van der Waals surface area contributed by atoms with E-state index in [1.165, 1.54) is 17.1 Å². The van der Waals surface area contributed by atoms with Crippen LogP contribution in [0.5, 0.6) is 5.75 Å². The normalized spacial score (nSPS) is 10.4. The highest BCUT2D eigenvalue weighted by Crippen LogP contribution is 2.25. The number of benzene rings is 2. The summed E-state index contributed by atoms with van der Waals surface area (Å²) in [4.78, 5) is 23.1. The lowest BCUT2D eigenvalue weighted by molar-refractivity contribution is -0.385. The SMILES string of the molecule is CCOc1ccccc1NC(=O)c1ccccc1Cn1cc([N+](=O)[O-])cn1. The van der Waals surface area contributed by atoms with Crippen molar-refractivity contribution in [3.63, 3.8) is 0 Å². The lowest BCUT2D eigenvalue weighted by Crippen LogP contribution is -2.16. The summed E-state index contributed by atoms with van der Waals surface area (Å²) in [5.74, 6) is 0.299. The fraction of sp³-hybridized carbons (Fsp3) is 0.158. The third-order valence-electron chi connectivity index (χ3n) is 3.86. The van der Waals surface area contributed by atoms with Crippen molar-refractivity contribution in [1.29, 1.82) is 0 Å². The Morgan fingerprint density at radius 2 is 1.96 bits per heavy atom. The Labute approximate surface area is 155 Å². The predicted molar refractivity (Wildman–Crippen MR) is 100.0 cm³/mol. The summed E-state index contributed by atoms with van der Waals surface area (Å²) in [6.45, 7) is 2.60. The smallest absolute Gasteiger partial charge is 0.307 e. The van der Waals surface area contributed by atoms with Gasteiger partial charge in [-0.2, -0.15) is 5.10 Å². The van der Waals surface area contributed by atoms with Crippen molar-refractivity contribution >= 4 is 17.3 Å². The van der Waals surface area contributed by atoms with Gasteiger partial charge in [-0.1, -0.05) is 30.3 Å². The highest BCUT2D eigenvalue weighted by Gasteiger charge is 2.15. The maximum atomic E-state index is 12.8. The molecule has 138 valence electrons. The van der Waals surface area contributed by atoms with Crippen LogP contribution in [0.3, 0.4) is 0 Å². The first kappa shape index (κ1) is 18.1. The summed E-state index contributed by atoms with van der Waals surface area (Å²) in [6.07, 6.45) is 2.51. The van der Waals surface area contributed by atoms with Crippen LogP contribution in [0.1, 0.15) is 22.8 Å². The molecule has 0 saturated heterocycles. The molecule has 8 heteroatoms. The third kappa shape index (κ3) is 4.30. The van der Waals surface area contributed by atoms with Gasteiger partial charge in [-0.05, 0) is 30.7 Å². The highest BCUT2D eigenvalue weighted by molar-refractivity contribution is 6.06. The summed E-state index contributed by atoms with van der Waals surface area (Å²) in [6, 6.07) is 14.3. The monoisotopic (exact) mass is 366 g/mol. The van der Waals surface area contributed by atoms with Gasteiger partial charge >= 0.3 is 5.69 Å². The lowest BCUT2D eigenvalue weighted by Gasteiger charge is -2.13. The van der Waals surface area contributed by atoms with Gasteiger partial charge in [0.05, 0.1) is 23.8 Å². The summed E-state index contributed by atoms with van der Waals surface area (Å²) >= 11 is 0. The molecule has 1 aromatic heterocycles. The Balaban J connectivity index is 1.82. The minimum absolute atomic E-state index is 0.0948. The van der Waals surface area contributed by atoms with Crippen LogP contribution in [-0.4, -0.2) is 27.2 Å². The fourth-order valence-electron chi connectivity index (χ4n) is 2.63. The highest BCUT2D eigenvalue weighted by atomic mass is 16.6. The fourth-order valence-corrected chi connectivity index (χ4v) is 2.63. The van der Waals surface area contributed by atoms with E-state index in [1.54, 1.807) is 36.4 Å². The number of anilines is 1. The van der Waals surface area contributed by atoms with Gasteiger partial charge in [0.1, 0.15) is 18.1 Å². The summed E-state index contributed by atoms with van der Waals surface area (Å²) < 4.78 is 6.96. The van der Waals surface area contributed by atoms with Gasteiger partial charge in [0.2, 0.25) is 0 Å². The van der Waals surface area contributed by atoms with Gasteiger partial charge in [-0.15, -0.1) is 0 Å². The zero-order valence-electron chi connectivity index (χ0n) is 14.7. The second-order valence-corrected chi connectivity index (χ2v) is 5.69. The Morgan fingerprint density at radius 3 is 2.70 bits per heavy atom. The molecular formula is C19H18N4O4. The molecule has 1 amide bonds. The number of nitrogens with zero attached hydrogens (tertiary/aromatic N) is 3. The van der Waals surface area contributed by atoms with Crippen LogP contribution in [0.15, 0.2) is 60.9 Å². The largest absolute Gasteiger partial charge is 0.492 e. The molecule has 3 rings (SSSR count). The Kier molecular flexibility index (Phi) is 5.46. The molecule has 0 spiro atoms. The van der Waals surface area contributed by atoms with E-state index in [0.717, 1.165) is 0 Å². The number of rotatable bonds is 7. The molecular weight excluding hydrogens is 348 g/mol. The minimum atomic E-state index is -0.507. The van der Waals surface area contributed by atoms with Crippen molar-refractivity contribution in [2.24, 2.45) is 0 Å². The van der Waals surface area contributed by atoms with Crippen molar-refractivity contribution in [3.8, 4) is 5.75 Å². The van der Waals surface area contributed by atoms with E-state index >= 15 is 0 Å². The molecule has 0 atom stereocenters. The second kappa shape index (κ2) is 8.13. The van der Waals surface area contributed by atoms with E-state index in [1.807, 2.05) is 19.1 Å². The van der Waals surface area contributed by atoms with Gasteiger partial charge in [0.25, 0.3) is 5.91 Å². The van der Waals surface area contributed by atoms with Gasteiger partial charge in [-0.25, -0.2) is 0 Å². The van der Waals surface area contributed by atoms with Crippen molar-refractivity contribution in [1.82, 2.24) is 9.78 Å². The lowest BCUT2D eigenvalue weighted by atomic mass is 10.1. The molecule has 0 fully saturated rings. The molecule has 1 heterocycles. The molecule has 0 aliphatic heterocycles. The zero-order valence-corrected chi connectivity index (χ0v) is 14.7. The van der Waals surface area contributed by atoms with Crippen LogP contribution in [0.2, 0.25) is 0 Å². The average Bonchev–Trinajstić information content (AvgIpc) is 3.13. The number of ether oxygens (including phenoxy) is 1. The minimum Gasteiger partial charge on any atom is -0.492 e. The number of nitro groups is 1. The standard InChI is InChI=1S/C19H18N4O4/c1-2-27-18-10-6-5-9-17(18)21-19(24)16-8-4-3-7-14(16)12-22-13-15(11-20-22)23(25)26/h3-11,13H,2,12H2,1H3,(H,21,24). The molecule has 0 unspecified atom stereocenters. The van der Waals surface area contributed by atoms with Crippen LogP contribution < -0.4 is 10.1 Å². The van der Waals surface area contributed by atoms with Gasteiger partial charge in [0.15, 0.2) is 0 Å². The molecule has 1 N–H and O–H groups in total. The topological polar surface area (TPSA) is 99.3 Å². The first-order valence-corrected chi connectivity index (χ1v) is 8.36. The number of carbonyl (C=O) groups excluding carboxylic acids is 1. The van der Waals surface area contributed by atoms with Gasteiger partial charge in [-0.3, -0.25) is 19.6 Å². The van der Waals surface area contributed by atoms with E-state index < -0.39 is 4.92 Å². The first-order chi connectivity index (χ1) is 13.1. The first-order valence-electron chi connectivity index (χ1n) is 8.36. The van der Waals surface area contributed by atoms with Crippen LogP contribution >= 0.6 is 0 Å². The van der Waals surface area contributed by atoms with Crippen molar-refractivity contribution in [2.45, 2.75) is 13.5 Å². The number of carbonyl (C=O) groups is 1. The van der Waals surface area contributed by atoms with Crippen LogP contribution in [0.4, 0.5) is 11.4 Å². The number of aromatic nitrogens is 2. The molecule has 0 aliphatic rings. The molecule has 0 aliphatic carbocycles. The van der Waals surface area contributed by atoms with E-state index in [4.69, 9.17) is 4.74 Å². The molecule has 2 aromatic carbocycles. The molecule has 8 nitrogen and oxygen atoms in total. The maximum absolute atomic E-state index is 12.8. The average molecular weight is 366 g/mol. The number of amides is 1. The van der Waals surface area contributed by atoms with E-state index in [9.17, 15) is 14.9 Å². The molecule has 0 saturated carbocycles. The molecule has 27 heavy (non-hydrogen) atoms. The summed E-state index contributed by atoms with van der Waals surface area (Å²) in [5, 5.41) is 17.6. The summed E-state index contributed by atoms with van der Waals surface area (Å²) in [5.41, 5.74) is 1.64. The Bertz CT molecular complexity index is 968. The number of para-hydroxylation sites is 2. The van der Waals surface area contributed by atoms with E-state index in [0.29, 0.717) is 29.2 Å². The number of hydrogen-bond donors (Lipinski definition) is 1. The van der Waals surface area contributed by atoms with E-state index in [2.05, 4.69) is 10.4 Å². The zero-order chi connectivity index (χ0) is 19.2. The number of hydrogen-bond acceptors (Lipinski definition) is 5. The van der Waals surface area contributed by atoms with Crippen molar-refractivity contribution in [2.75, 3.05) is 11.9 Å². The van der Waals surface area contributed by atoms with Crippen molar-refractivity contribution < 1.29 is 14.5 Å². The number of nitrogens with one attached hydrogen (secondary N) is 1. The molecule has 0 radical (unpaired) electrons. The Morgan fingerprint density at radius 1 is 1.22 bits per heavy atom. The third-order valence-corrected chi connectivity index (χ3v) is 3.86. The van der Waals surface area contributed by atoms with Gasteiger partial charge in [0, 0.05) is 5.56 Å². The summed E-state index contributed by atoms with van der Waals surface area (Å²) in [7, 11) is 0. The quantitative estimate of drug-likeness (QED) is 0.510. The molecule has 0 bridgehead atoms.